The molecule has 4 heteroatoms. The van der Waals surface area contributed by atoms with Gasteiger partial charge in [0.15, 0.2) is 0 Å². The Balaban J connectivity index is 4.51. The lowest BCUT2D eigenvalue weighted by atomic mass is 10.0. The molecule has 0 aliphatic carbocycles. The average Bonchev–Trinajstić information content (AvgIpc) is 2.16. The molecule has 0 aliphatic heterocycles. The third kappa shape index (κ3) is 7.04. The summed E-state index contributed by atoms with van der Waals surface area (Å²) in [6.45, 7) is 7.65. The van der Waals surface area contributed by atoms with Crippen LogP contribution in [0.4, 0.5) is 0 Å². The Bertz CT molecular complexity index is 271. The van der Waals surface area contributed by atoms with Crippen molar-refractivity contribution in [1.29, 1.82) is 0 Å². The molecule has 1 amide bonds. The number of hydrogen-bond donors (Lipinski definition) is 1. The van der Waals surface area contributed by atoms with Crippen LogP contribution in [0, 0.1) is 5.92 Å². The van der Waals surface area contributed by atoms with Gasteiger partial charge in [-0.05, 0) is 19.3 Å². The maximum Gasteiger partial charge on any atom is 0.332 e. The van der Waals surface area contributed by atoms with Gasteiger partial charge in [0, 0.05) is 18.7 Å². The second-order valence-corrected chi connectivity index (χ2v) is 3.82. The fraction of sp³-hybridized carbons (Fsp3) is 0.667. The van der Waals surface area contributed by atoms with Crippen LogP contribution in [-0.4, -0.2) is 18.5 Å². The minimum Gasteiger partial charge on any atom is -0.463 e. The van der Waals surface area contributed by atoms with E-state index in [9.17, 15) is 9.59 Å². The molecule has 0 heterocycles. The number of carbonyl (C=O) groups excluding carboxylic acids is 2. The van der Waals surface area contributed by atoms with Crippen molar-refractivity contribution < 1.29 is 14.3 Å². The van der Waals surface area contributed by atoms with E-state index in [1.165, 1.54) is 13.0 Å². The third-order valence-corrected chi connectivity index (χ3v) is 2.18. The van der Waals surface area contributed by atoms with Crippen molar-refractivity contribution in [2.75, 3.05) is 6.61 Å². The molecule has 0 aromatic rings. The van der Waals surface area contributed by atoms with Crippen molar-refractivity contribution in [3.05, 3.63) is 11.8 Å². The van der Waals surface area contributed by atoms with Gasteiger partial charge in [0.2, 0.25) is 5.91 Å². The van der Waals surface area contributed by atoms with Gasteiger partial charge in [-0.15, -0.1) is 0 Å². The predicted molar refractivity (Wildman–Crippen MR) is 62.6 cm³/mol. The molecule has 0 fully saturated rings. The van der Waals surface area contributed by atoms with Gasteiger partial charge in [0.25, 0.3) is 0 Å². The number of nitrogens with one attached hydrogen (secondary N) is 1. The lowest BCUT2D eigenvalue weighted by molar-refractivity contribution is -0.137. The quantitative estimate of drug-likeness (QED) is 0.558. The average molecular weight is 227 g/mol. The van der Waals surface area contributed by atoms with Gasteiger partial charge in [0.05, 0.1) is 6.61 Å². The maximum absolute atomic E-state index is 11.3. The van der Waals surface area contributed by atoms with Gasteiger partial charge >= 0.3 is 5.97 Å². The van der Waals surface area contributed by atoms with E-state index < -0.39 is 5.97 Å². The molecule has 0 saturated heterocycles. The van der Waals surface area contributed by atoms with E-state index in [2.05, 4.69) is 19.2 Å². The van der Waals surface area contributed by atoms with Crippen molar-refractivity contribution in [1.82, 2.24) is 5.32 Å². The lowest BCUT2D eigenvalue weighted by Gasteiger charge is -2.12. The molecule has 0 aliphatic rings. The summed E-state index contributed by atoms with van der Waals surface area (Å²) in [5.74, 6) is -0.152. The SMILES string of the molecule is CCOC(=O)/C=C(/CC(C)CC)NC(C)=O. The number of ether oxygens (including phenoxy) is 1. The normalized spacial score (nSPS) is 13.1. The summed E-state index contributed by atoms with van der Waals surface area (Å²) >= 11 is 0. The van der Waals surface area contributed by atoms with Crippen LogP contribution < -0.4 is 5.32 Å². The molecular weight excluding hydrogens is 206 g/mol. The number of allylic oxidation sites excluding steroid dienone is 1. The minimum absolute atomic E-state index is 0.168. The van der Waals surface area contributed by atoms with Crippen molar-refractivity contribution >= 4 is 11.9 Å². The minimum atomic E-state index is -0.408. The molecule has 0 spiro atoms. The number of hydrogen-bond acceptors (Lipinski definition) is 3. The van der Waals surface area contributed by atoms with Crippen molar-refractivity contribution in [2.24, 2.45) is 5.92 Å². The number of rotatable bonds is 6. The summed E-state index contributed by atoms with van der Waals surface area (Å²) in [5.41, 5.74) is 0.625. The molecule has 1 unspecified atom stereocenters. The second kappa shape index (κ2) is 7.91. The van der Waals surface area contributed by atoms with Crippen LogP contribution in [0.3, 0.4) is 0 Å². The summed E-state index contributed by atoms with van der Waals surface area (Å²) < 4.78 is 4.80. The van der Waals surface area contributed by atoms with E-state index in [1.807, 2.05) is 0 Å². The molecule has 0 aromatic heterocycles. The van der Waals surface area contributed by atoms with Crippen LogP contribution in [-0.2, 0) is 14.3 Å². The zero-order valence-corrected chi connectivity index (χ0v) is 10.5. The van der Waals surface area contributed by atoms with Crippen LogP contribution in [0.2, 0.25) is 0 Å². The standard InChI is InChI=1S/C12H21NO3/c1-5-9(3)7-11(13-10(4)14)8-12(15)16-6-2/h8-9H,5-7H2,1-4H3,(H,13,14)/b11-8-. The first kappa shape index (κ1) is 14.7. The van der Waals surface area contributed by atoms with Gasteiger partial charge in [-0.25, -0.2) is 4.79 Å². The van der Waals surface area contributed by atoms with Crippen molar-refractivity contribution in [2.45, 2.75) is 40.5 Å². The summed E-state index contributed by atoms with van der Waals surface area (Å²) in [5, 5.41) is 2.66. The predicted octanol–water partition coefficient (Wildman–Crippen LogP) is 2.01. The van der Waals surface area contributed by atoms with E-state index in [1.54, 1.807) is 6.92 Å². The summed E-state index contributed by atoms with van der Waals surface area (Å²) in [4.78, 5) is 22.2. The highest BCUT2D eigenvalue weighted by atomic mass is 16.5. The van der Waals surface area contributed by atoms with Crippen LogP contribution in [0.5, 0.6) is 0 Å². The van der Waals surface area contributed by atoms with Crippen LogP contribution in [0.15, 0.2) is 11.8 Å². The highest BCUT2D eigenvalue weighted by Gasteiger charge is 2.08. The topological polar surface area (TPSA) is 55.4 Å². The first-order chi connectivity index (χ1) is 7.49. The fourth-order valence-corrected chi connectivity index (χ4v) is 1.22. The Labute approximate surface area is 97.1 Å². The van der Waals surface area contributed by atoms with Crippen molar-refractivity contribution in [3.63, 3.8) is 0 Å². The Morgan fingerprint density at radius 2 is 2.00 bits per heavy atom. The monoisotopic (exact) mass is 227 g/mol. The highest BCUT2D eigenvalue weighted by molar-refractivity contribution is 5.84. The Morgan fingerprint density at radius 3 is 2.44 bits per heavy atom. The molecule has 16 heavy (non-hydrogen) atoms. The van der Waals surface area contributed by atoms with Crippen LogP contribution >= 0.6 is 0 Å². The van der Waals surface area contributed by atoms with Gasteiger partial charge in [-0.2, -0.15) is 0 Å². The summed E-state index contributed by atoms with van der Waals surface area (Å²) in [6.07, 6.45) is 3.03. The van der Waals surface area contributed by atoms with Crippen LogP contribution in [0.25, 0.3) is 0 Å². The molecule has 0 aromatic carbocycles. The first-order valence-corrected chi connectivity index (χ1v) is 5.64. The Hall–Kier alpha value is -1.32. The van der Waals surface area contributed by atoms with Gasteiger partial charge in [-0.3, -0.25) is 4.79 Å². The molecule has 0 saturated carbocycles. The highest BCUT2D eigenvalue weighted by Crippen LogP contribution is 2.12. The lowest BCUT2D eigenvalue weighted by Crippen LogP contribution is -2.22. The molecule has 4 nitrogen and oxygen atoms in total. The van der Waals surface area contributed by atoms with Crippen molar-refractivity contribution in [3.8, 4) is 0 Å². The van der Waals surface area contributed by atoms with E-state index in [0.29, 0.717) is 24.6 Å². The second-order valence-electron chi connectivity index (χ2n) is 3.82. The van der Waals surface area contributed by atoms with E-state index in [-0.39, 0.29) is 5.91 Å². The Morgan fingerprint density at radius 1 is 1.38 bits per heavy atom. The number of carbonyl (C=O) groups is 2. The van der Waals surface area contributed by atoms with Crippen LogP contribution in [0.1, 0.15) is 40.5 Å². The van der Waals surface area contributed by atoms with Gasteiger partial charge in [-0.1, -0.05) is 20.3 Å². The molecule has 0 rings (SSSR count). The molecule has 1 atom stereocenters. The number of amides is 1. The van der Waals surface area contributed by atoms with Gasteiger partial charge < -0.3 is 10.1 Å². The smallest absolute Gasteiger partial charge is 0.332 e. The number of esters is 1. The van der Waals surface area contributed by atoms with E-state index in [0.717, 1.165) is 6.42 Å². The molecule has 0 bridgehead atoms. The van der Waals surface area contributed by atoms with Gasteiger partial charge in [0.1, 0.15) is 0 Å². The summed E-state index contributed by atoms with van der Waals surface area (Å²) in [7, 11) is 0. The maximum atomic E-state index is 11.3. The first-order valence-electron chi connectivity index (χ1n) is 5.64. The summed E-state index contributed by atoms with van der Waals surface area (Å²) in [6, 6.07) is 0. The largest absolute Gasteiger partial charge is 0.463 e. The molecule has 0 radical (unpaired) electrons. The fourth-order valence-electron chi connectivity index (χ4n) is 1.22. The molecule has 1 N–H and O–H groups in total. The molecule has 92 valence electrons. The third-order valence-electron chi connectivity index (χ3n) is 2.18. The van der Waals surface area contributed by atoms with E-state index >= 15 is 0 Å². The molecular formula is C12H21NO3. The Kier molecular flexibility index (Phi) is 7.25. The van der Waals surface area contributed by atoms with E-state index in [4.69, 9.17) is 4.74 Å². The zero-order chi connectivity index (χ0) is 12.6. The zero-order valence-electron chi connectivity index (χ0n) is 10.5.